The number of pyridine rings is 1. The van der Waals surface area contributed by atoms with Crippen LogP contribution < -0.4 is 4.74 Å². The first-order valence-electron chi connectivity index (χ1n) is 8.87. The second kappa shape index (κ2) is 7.41. The van der Waals surface area contributed by atoms with Gasteiger partial charge in [-0.15, -0.1) is 10.2 Å². The van der Waals surface area contributed by atoms with Crippen LogP contribution >= 0.6 is 0 Å². The predicted molar refractivity (Wildman–Crippen MR) is 94.9 cm³/mol. The SMILES string of the molecule is CCOc1nc(C)ccc1C(=O)N1CCCC(O)(Cc2nncn2C)C1. The molecule has 3 heterocycles. The fourth-order valence-electron chi connectivity index (χ4n) is 3.30. The average Bonchev–Trinajstić information content (AvgIpc) is 2.99. The largest absolute Gasteiger partial charge is 0.477 e. The van der Waals surface area contributed by atoms with Gasteiger partial charge in [0.25, 0.3) is 5.91 Å². The van der Waals surface area contributed by atoms with Crippen molar-refractivity contribution in [1.82, 2.24) is 24.6 Å². The van der Waals surface area contributed by atoms with Gasteiger partial charge in [-0.1, -0.05) is 0 Å². The number of carbonyl (C=O) groups excluding carboxylic acids is 1. The van der Waals surface area contributed by atoms with Crippen molar-refractivity contribution < 1.29 is 14.6 Å². The Morgan fingerprint density at radius 2 is 2.23 bits per heavy atom. The van der Waals surface area contributed by atoms with E-state index in [1.807, 2.05) is 20.9 Å². The van der Waals surface area contributed by atoms with Gasteiger partial charge in [0.15, 0.2) is 0 Å². The summed E-state index contributed by atoms with van der Waals surface area (Å²) in [6, 6.07) is 3.54. The van der Waals surface area contributed by atoms with Crippen molar-refractivity contribution >= 4 is 5.91 Å². The van der Waals surface area contributed by atoms with Gasteiger partial charge in [0.2, 0.25) is 5.88 Å². The molecule has 2 aromatic heterocycles. The van der Waals surface area contributed by atoms with Gasteiger partial charge < -0.3 is 19.3 Å². The summed E-state index contributed by atoms with van der Waals surface area (Å²) in [5.41, 5.74) is 0.210. The second-order valence-corrected chi connectivity index (χ2v) is 6.83. The van der Waals surface area contributed by atoms with E-state index in [0.717, 1.165) is 12.1 Å². The third-order valence-corrected chi connectivity index (χ3v) is 4.65. The van der Waals surface area contributed by atoms with Crippen LogP contribution in [-0.4, -0.2) is 61.0 Å². The molecule has 1 amide bonds. The molecule has 1 atom stereocenters. The van der Waals surface area contributed by atoms with Crippen molar-refractivity contribution in [3.05, 3.63) is 35.5 Å². The van der Waals surface area contributed by atoms with Crippen molar-refractivity contribution in [3.63, 3.8) is 0 Å². The van der Waals surface area contributed by atoms with Crippen molar-refractivity contribution in [2.45, 2.75) is 38.7 Å². The number of aryl methyl sites for hydroxylation is 2. The number of aliphatic hydroxyl groups is 1. The fourth-order valence-corrected chi connectivity index (χ4v) is 3.30. The van der Waals surface area contributed by atoms with Crippen LogP contribution in [0, 0.1) is 6.92 Å². The van der Waals surface area contributed by atoms with E-state index in [1.54, 1.807) is 27.9 Å². The zero-order valence-corrected chi connectivity index (χ0v) is 15.5. The van der Waals surface area contributed by atoms with Crippen LogP contribution in [0.15, 0.2) is 18.5 Å². The number of carbonyl (C=O) groups is 1. The minimum Gasteiger partial charge on any atom is -0.477 e. The molecule has 1 aliphatic heterocycles. The van der Waals surface area contributed by atoms with Gasteiger partial charge in [-0.25, -0.2) is 4.98 Å². The Bertz CT molecular complexity index is 791. The molecule has 26 heavy (non-hydrogen) atoms. The molecule has 8 nitrogen and oxygen atoms in total. The lowest BCUT2D eigenvalue weighted by Gasteiger charge is -2.39. The molecule has 8 heteroatoms. The third kappa shape index (κ3) is 3.85. The Morgan fingerprint density at radius 1 is 1.42 bits per heavy atom. The number of hydrogen-bond donors (Lipinski definition) is 1. The fraction of sp³-hybridized carbons (Fsp3) is 0.556. The molecule has 1 fully saturated rings. The first kappa shape index (κ1) is 18.3. The summed E-state index contributed by atoms with van der Waals surface area (Å²) in [7, 11) is 1.84. The molecule has 0 aliphatic carbocycles. The molecular formula is C18H25N5O3. The smallest absolute Gasteiger partial charge is 0.259 e. The normalized spacial score (nSPS) is 20.2. The standard InChI is InChI=1S/C18H25N5O3/c1-4-26-16-14(7-6-13(2)20-16)17(24)23-9-5-8-18(25,11-23)10-15-21-19-12-22(15)3/h6-7,12,25H,4-5,8-11H2,1-3H3. The van der Waals surface area contributed by atoms with E-state index < -0.39 is 5.60 Å². The molecule has 3 rings (SSSR count). The molecular weight excluding hydrogens is 334 g/mol. The highest BCUT2D eigenvalue weighted by molar-refractivity contribution is 5.96. The summed E-state index contributed by atoms with van der Waals surface area (Å²) in [4.78, 5) is 19.0. The first-order valence-corrected chi connectivity index (χ1v) is 8.87. The van der Waals surface area contributed by atoms with Crippen molar-refractivity contribution in [2.24, 2.45) is 7.05 Å². The van der Waals surface area contributed by atoms with Crippen molar-refractivity contribution in [2.75, 3.05) is 19.7 Å². The highest BCUT2D eigenvalue weighted by atomic mass is 16.5. The number of rotatable bonds is 5. The van der Waals surface area contributed by atoms with Crippen LogP contribution in [0.3, 0.4) is 0 Å². The number of likely N-dealkylation sites (tertiary alicyclic amines) is 1. The van der Waals surface area contributed by atoms with Gasteiger partial charge in [-0.05, 0) is 38.8 Å². The Morgan fingerprint density at radius 3 is 2.92 bits per heavy atom. The summed E-state index contributed by atoms with van der Waals surface area (Å²) in [5.74, 6) is 0.880. The van der Waals surface area contributed by atoms with Gasteiger partial charge in [0.05, 0.1) is 18.8 Å². The lowest BCUT2D eigenvalue weighted by Crippen LogP contribution is -2.51. The summed E-state index contributed by atoms with van der Waals surface area (Å²) in [5, 5.41) is 18.9. The van der Waals surface area contributed by atoms with E-state index >= 15 is 0 Å². The Labute approximate surface area is 152 Å². The summed E-state index contributed by atoms with van der Waals surface area (Å²) < 4.78 is 7.33. The van der Waals surface area contributed by atoms with Gasteiger partial charge in [0, 0.05) is 25.7 Å². The molecule has 2 aromatic rings. The highest BCUT2D eigenvalue weighted by Gasteiger charge is 2.37. The monoisotopic (exact) mass is 359 g/mol. The van der Waals surface area contributed by atoms with E-state index in [-0.39, 0.29) is 12.5 Å². The average molecular weight is 359 g/mol. The number of hydrogen-bond acceptors (Lipinski definition) is 6. The van der Waals surface area contributed by atoms with Crippen LogP contribution in [0.4, 0.5) is 0 Å². The number of piperidine rings is 1. The Balaban J connectivity index is 1.79. The van der Waals surface area contributed by atoms with E-state index in [4.69, 9.17) is 4.74 Å². The molecule has 0 radical (unpaired) electrons. The van der Waals surface area contributed by atoms with E-state index in [0.29, 0.717) is 43.3 Å². The number of amides is 1. The maximum absolute atomic E-state index is 13.0. The van der Waals surface area contributed by atoms with Crippen molar-refractivity contribution in [3.8, 4) is 5.88 Å². The third-order valence-electron chi connectivity index (χ3n) is 4.65. The molecule has 0 spiro atoms. The quantitative estimate of drug-likeness (QED) is 0.860. The maximum Gasteiger partial charge on any atom is 0.259 e. The van der Waals surface area contributed by atoms with Crippen LogP contribution in [0.5, 0.6) is 5.88 Å². The van der Waals surface area contributed by atoms with Gasteiger partial charge in [0.1, 0.15) is 17.7 Å². The molecule has 1 N–H and O–H groups in total. The molecule has 140 valence electrons. The van der Waals surface area contributed by atoms with Gasteiger partial charge in [-0.3, -0.25) is 4.79 Å². The number of nitrogens with zero attached hydrogens (tertiary/aromatic N) is 5. The number of β-amino-alcohol motifs (C(OH)–C–C–N with tert-alkyl or cyclic N) is 1. The number of ether oxygens (including phenoxy) is 1. The van der Waals surface area contributed by atoms with Gasteiger partial charge >= 0.3 is 0 Å². The van der Waals surface area contributed by atoms with Crippen LogP contribution in [0.25, 0.3) is 0 Å². The molecule has 0 aromatic carbocycles. The topological polar surface area (TPSA) is 93.4 Å². The van der Waals surface area contributed by atoms with Crippen LogP contribution in [-0.2, 0) is 13.5 Å². The van der Waals surface area contributed by atoms with E-state index in [2.05, 4.69) is 15.2 Å². The summed E-state index contributed by atoms with van der Waals surface area (Å²) >= 11 is 0. The summed E-state index contributed by atoms with van der Waals surface area (Å²) in [6.07, 6.45) is 3.31. The zero-order chi connectivity index (χ0) is 18.7. The van der Waals surface area contributed by atoms with Gasteiger partial charge in [-0.2, -0.15) is 0 Å². The second-order valence-electron chi connectivity index (χ2n) is 6.83. The number of aromatic nitrogens is 4. The predicted octanol–water partition coefficient (Wildman–Crippen LogP) is 1.13. The molecule has 1 saturated heterocycles. The first-order chi connectivity index (χ1) is 12.4. The molecule has 0 bridgehead atoms. The zero-order valence-electron chi connectivity index (χ0n) is 15.5. The minimum absolute atomic E-state index is 0.169. The summed E-state index contributed by atoms with van der Waals surface area (Å²) in [6.45, 7) is 5.00. The Hall–Kier alpha value is -2.48. The lowest BCUT2D eigenvalue weighted by atomic mass is 9.89. The van der Waals surface area contributed by atoms with E-state index in [1.165, 1.54) is 0 Å². The minimum atomic E-state index is -1.02. The highest BCUT2D eigenvalue weighted by Crippen LogP contribution is 2.27. The molecule has 0 saturated carbocycles. The Kier molecular flexibility index (Phi) is 5.22. The molecule has 1 aliphatic rings. The molecule has 1 unspecified atom stereocenters. The van der Waals surface area contributed by atoms with E-state index in [9.17, 15) is 9.90 Å². The van der Waals surface area contributed by atoms with Crippen LogP contribution in [0.2, 0.25) is 0 Å². The van der Waals surface area contributed by atoms with Crippen molar-refractivity contribution in [1.29, 1.82) is 0 Å². The lowest BCUT2D eigenvalue weighted by molar-refractivity contribution is -0.0259. The maximum atomic E-state index is 13.0. The van der Waals surface area contributed by atoms with Crippen LogP contribution in [0.1, 0.15) is 41.6 Å².